The lowest BCUT2D eigenvalue weighted by atomic mass is 9.95. The molecule has 0 saturated carbocycles. The second-order valence-electron chi connectivity index (χ2n) is 7.44. The number of carbonyl (C=O) groups is 2. The number of aromatic hydroxyl groups is 1. The minimum atomic E-state index is -0.170. The average molecular weight is 430 g/mol. The average Bonchev–Trinajstić information content (AvgIpc) is 2.69. The lowest BCUT2D eigenvalue weighted by Crippen LogP contribution is -2.34. The van der Waals surface area contributed by atoms with Crippen LogP contribution in [0.1, 0.15) is 41.7 Å². The van der Waals surface area contributed by atoms with Crippen LogP contribution >= 0.6 is 11.6 Å². The van der Waals surface area contributed by atoms with Gasteiger partial charge in [0.1, 0.15) is 11.4 Å². The number of ketones is 1. The number of hydrogen-bond donors (Lipinski definition) is 3. The van der Waals surface area contributed by atoms with Crippen LogP contribution in [0, 0.1) is 0 Å². The number of phenolic OH excluding ortho intramolecular Hbond substituents is 1. The first kappa shape index (κ1) is 23.4. The Morgan fingerprint density at radius 2 is 1.87 bits per heavy atom. The van der Waals surface area contributed by atoms with E-state index in [1.165, 1.54) is 6.07 Å². The molecule has 0 aromatic heterocycles. The molecule has 2 aromatic rings. The van der Waals surface area contributed by atoms with Crippen molar-refractivity contribution in [3.8, 4) is 5.75 Å². The van der Waals surface area contributed by atoms with Crippen molar-refractivity contribution in [1.82, 2.24) is 10.2 Å². The quantitative estimate of drug-likeness (QED) is 0.447. The molecule has 0 saturated heterocycles. The van der Waals surface area contributed by atoms with Crippen molar-refractivity contribution in [2.24, 2.45) is 0 Å². The minimum Gasteiger partial charge on any atom is -0.505 e. The van der Waals surface area contributed by atoms with Gasteiger partial charge >= 0.3 is 0 Å². The third kappa shape index (κ3) is 6.08. The summed E-state index contributed by atoms with van der Waals surface area (Å²) in [5.41, 5.74) is 2.72. The van der Waals surface area contributed by atoms with E-state index in [1.54, 1.807) is 12.1 Å². The largest absolute Gasteiger partial charge is 0.505 e. The predicted octanol–water partition coefficient (Wildman–Crippen LogP) is 4.37. The van der Waals surface area contributed by atoms with Crippen LogP contribution in [0.25, 0.3) is 0 Å². The normalized spacial score (nSPS) is 13.9. The second-order valence-corrected chi connectivity index (χ2v) is 7.88. The lowest BCUT2D eigenvalue weighted by molar-refractivity contribution is -0.116. The van der Waals surface area contributed by atoms with E-state index in [0.29, 0.717) is 29.1 Å². The highest BCUT2D eigenvalue weighted by atomic mass is 35.5. The van der Waals surface area contributed by atoms with E-state index in [0.717, 1.165) is 17.7 Å². The molecule has 2 aromatic carbocycles. The fourth-order valence-corrected chi connectivity index (χ4v) is 3.11. The van der Waals surface area contributed by atoms with Crippen molar-refractivity contribution in [2.75, 3.05) is 26.5 Å². The van der Waals surface area contributed by atoms with Gasteiger partial charge in [0, 0.05) is 10.7 Å². The third-order valence-electron chi connectivity index (χ3n) is 4.38. The SMILES string of the molecule is CCC(NC1=C(Nc2cccc(C=O)c2O)C(=O)C1)c1cccc(Cl)c1.CN(C)C. The topological polar surface area (TPSA) is 81.7 Å². The second kappa shape index (κ2) is 10.8. The zero-order chi connectivity index (χ0) is 22.3. The maximum absolute atomic E-state index is 12.0. The Morgan fingerprint density at radius 1 is 1.20 bits per heavy atom. The number of phenols is 1. The number of para-hydroxylation sites is 1. The van der Waals surface area contributed by atoms with Gasteiger partial charge in [0.15, 0.2) is 12.1 Å². The summed E-state index contributed by atoms with van der Waals surface area (Å²) in [6.45, 7) is 2.05. The molecule has 0 radical (unpaired) electrons. The van der Waals surface area contributed by atoms with Gasteiger partial charge in [-0.25, -0.2) is 0 Å². The number of anilines is 1. The molecule has 7 heteroatoms. The van der Waals surface area contributed by atoms with Crippen LogP contribution in [-0.2, 0) is 4.79 Å². The Kier molecular flexibility index (Phi) is 8.45. The summed E-state index contributed by atoms with van der Waals surface area (Å²) < 4.78 is 0. The van der Waals surface area contributed by atoms with Crippen LogP contribution in [0.15, 0.2) is 53.9 Å². The Hall–Kier alpha value is -2.83. The zero-order valence-electron chi connectivity index (χ0n) is 17.7. The predicted molar refractivity (Wildman–Crippen MR) is 121 cm³/mol. The zero-order valence-corrected chi connectivity index (χ0v) is 18.5. The van der Waals surface area contributed by atoms with Crippen molar-refractivity contribution in [2.45, 2.75) is 25.8 Å². The van der Waals surface area contributed by atoms with E-state index in [2.05, 4.69) is 10.6 Å². The van der Waals surface area contributed by atoms with Crippen molar-refractivity contribution in [3.63, 3.8) is 0 Å². The van der Waals surface area contributed by atoms with Crippen LogP contribution < -0.4 is 10.6 Å². The number of hydrogen-bond acceptors (Lipinski definition) is 6. The van der Waals surface area contributed by atoms with Gasteiger partial charge in [0.2, 0.25) is 0 Å². The number of nitrogens with zero attached hydrogens (tertiary/aromatic N) is 1. The van der Waals surface area contributed by atoms with Gasteiger partial charge in [0.05, 0.1) is 23.7 Å². The molecule has 6 nitrogen and oxygen atoms in total. The van der Waals surface area contributed by atoms with E-state index in [4.69, 9.17) is 11.6 Å². The first-order valence-corrected chi connectivity index (χ1v) is 10.1. The Bertz CT molecular complexity index is 938. The number of carbonyl (C=O) groups excluding carboxylic acids is 2. The number of allylic oxidation sites excluding steroid dienone is 2. The molecular formula is C23H28ClN3O3. The molecule has 0 heterocycles. The molecule has 1 atom stereocenters. The molecule has 30 heavy (non-hydrogen) atoms. The van der Waals surface area contributed by atoms with Gasteiger partial charge in [-0.3, -0.25) is 9.59 Å². The lowest BCUT2D eigenvalue weighted by Gasteiger charge is -2.29. The molecule has 1 aliphatic carbocycles. The molecule has 3 N–H and O–H groups in total. The van der Waals surface area contributed by atoms with Crippen LogP contribution in [0.5, 0.6) is 5.75 Å². The Labute approximate surface area is 182 Å². The maximum Gasteiger partial charge on any atom is 0.186 e. The number of rotatable bonds is 7. The molecule has 0 bridgehead atoms. The smallest absolute Gasteiger partial charge is 0.186 e. The number of aldehydes is 1. The fourth-order valence-electron chi connectivity index (χ4n) is 2.91. The van der Waals surface area contributed by atoms with Gasteiger partial charge in [-0.05, 0) is 57.4 Å². The molecule has 160 valence electrons. The van der Waals surface area contributed by atoms with Crippen LogP contribution in [0.3, 0.4) is 0 Å². The third-order valence-corrected chi connectivity index (χ3v) is 4.61. The van der Waals surface area contributed by atoms with Gasteiger partial charge in [-0.1, -0.05) is 36.7 Å². The number of nitrogens with one attached hydrogen (secondary N) is 2. The van der Waals surface area contributed by atoms with E-state index >= 15 is 0 Å². The number of benzene rings is 2. The Morgan fingerprint density at radius 3 is 2.43 bits per heavy atom. The first-order valence-electron chi connectivity index (χ1n) is 9.70. The highest BCUT2D eigenvalue weighted by molar-refractivity contribution is 6.30. The number of Topliss-reactive ketones (excluding diaryl/α,β-unsaturated/α-hetero) is 1. The van der Waals surface area contributed by atoms with Gasteiger partial charge < -0.3 is 20.6 Å². The van der Waals surface area contributed by atoms with Gasteiger partial charge in [0.25, 0.3) is 0 Å². The van der Waals surface area contributed by atoms with Crippen molar-refractivity contribution in [1.29, 1.82) is 0 Å². The van der Waals surface area contributed by atoms with E-state index in [-0.39, 0.29) is 23.1 Å². The van der Waals surface area contributed by atoms with Crippen LogP contribution in [-0.4, -0.2) is 43.2 Å². The summed E-state index contributed by atoms with van der Waals surface area (Å²) in [7, 11) is 6.00. The molecule has 0 amide bonds. The summed E-state index contributed by atoms with van der Waals surface area (Å²) in [5.74, 6) is -0.222. The van der Waals surface area contributed by atoms with Crippen LogP contribution in [0.4, 0.5) is 5.69 Å². The summed E-state index contributed by atoms with van der Waals surface area (Å²) in [6, 6.07) is 12.4. The standard InChI is InChI=1S/C20H19ClN2O3.C3H9N/c1-2-15(12-5-3-7-14(21)9-12)22-17-10-18(25)19(17)23-16-8-4-6-13(11-24)20(16)26;1-4(2)3/h3-9,11,15,22-23,26H,2,10H2,1H3;1-3H3. The molecular weight excluding hydrogens is 402 g/mol. The van der Waals surface area contributed by atoms with Crippen molar-refractivity contribution in [3.05, 3.63) is 70.0 Å². The van der Waals surface area contributed by atoms with Gasteiger partial charge in [-0.2, -0.15) is 0 Å². The first-order chi connectivity index (χ1) is 14.3. The summed E-state index contributed by atoms with van der Waals surface area (Å²) in [4.78, 5) is 25.0. The number of halogens is 1. The maximum atomic E-state index is 12.0. The van der Waals surface area contributed by atoms with Gasteiger partial charge in [-0.15, -0.1) is 0 Å². The molecule has 0 spiro atoms. The fraction of sp³-hybridized carbons (Fsp3) is 0.304. The molecule has 0 aliphatic heterocycles. The summed E-state index contributed by atoms with van der Waals surface area (Å²) in [6.07, 6.45) is 1.69. The molecule has 0 fully saturated rings. The highest BCUT2D eigenvalue weighted by Gasteiger charge is 2.29. The summed E-state index contributed by atoms with van der Waals surface area (Å²) >= 11 is 6.07. The molecule has 1 unspecified atom stereocenters. The Balaban J connectivity index is 0.000000735. The van der Waals surface area contributed by atoms with E-state index in [9.17, 15) is 14.7 Å². The van der Waals surface area contributed by atoms with Crippen molar-refractivity contribution < 1.29 is 14.7 Å². The van der Waals surface area contributed by atoms with Crippen molar-refractivity contribution >= 4 is 29.4 Å². The highest BCUT2D eigenvalue weighted by Crippen LogP contribution is 2.32. The minimum absolute atomic E-state index is 0.0171. The van der Waals surface area contributed by atoms with Crippen LogP contribution in [0.2, 0.25) is 5.02 Å². The summed E-state index contributed by atoms with van der Waals surface area (Å²) in [5, 5.41) is 17.1. The molecule has 1 aliphatic rings. The monoisotopic (exact) mass is 429 g/mol. The molecule has 3 rings (SSSR count). The van der Waals surface area contributed by atoms with E-state index < -0.39 is 0 Å². The van der Waals surface area contributed by atoms with E-state index in [1.807, 2.05) is 57.2 Å².